The average Bonchev–Trinajstić information content (AvgIpc) is 2.75. The summed E-state index contributed by atoms with van der Waals surface area (Å²) in [6, 6.07) is 7.89. The number of fused-ring (bicyclic) bond motifs is 1. The zero-order chi connectivity index (χ0) is 13.0. The van der Waals surface area contributed by atoms with Gasteiger partial charge in [0.05, 0.1) is 6.26 Å². The fourth-order valence-corrected chi connectivity index (χ4v) is 2.67. The first-order valence-electron chi connectivity index (χ1n) is 5.81. The minimum absolute atomic E-state index is 0.475. The van der Waals surface area contributed by atoms with Crippen molar-refractivity contribution >= 4 is 29.3 Å². The van der Waals surface area contributed by atoms with Gasteiger partial charge in [0.25, 0.3) is 0 Å². The number of nitrogens with one attached hydrogen (secondary N) is 1. The van der Waals surface area contributed by atoms with E-state index in [-0.39, 0.29) is 0 Å². The highest BCUT2D eigenvalue weighted by molar-refractivity contribution is 7.97. The van der Waals surface area contributed by atoms with Crippen molar-refractivity contribution in [2.24, 2.45) is 5.92 Å². The Labute approximate surface area is 110 Å². The fraction of sp³-hybridized carbons (Fsp3) is 0.308. The largest absolute Gasteiger partial charge is 0.464 e. The van der Waals surface area contributed by atoms with Gasteiger partial charge < -0.3 is 4.42 Å². The molecule has 0 spiro atoms. The smallest absolute Gasteiger partial charge is 0.222 e. The molecule has 0 bridgehead atoms. The van der Waals surface area contributed by atoms with E-state index >= 15 is 0 Å². The zero-order valence-electron chi connectivity index (χ0n) is 10.4. The summed E-state index contributed by atoms with van der Waals surface area (Å²) in [4.78, 5) is 11.6. The molecule has 0 saturated heterocycles. The van der Waals surface area contributed by atoms with Crippen molar-refractivity contribution in [1.82, 2.24) is 9.84 Å². The highest BCUT2D eigenvalue weighted by Crippen LogP contribution is 2.26. The predicted molar refractivity (Wildman–Crippen MR) is 72.8 cm³/mol. The van der Waals surface area contributed by atoms with Crippen LogP contribution in [0.4, 0.5) is 0 Å². The molecule has 0 aliphatic rings. The Bertz CT molecular complexity index is 524. The van der Waals surface area contributed by atoms with Crippen LogP contribution in [0.5, 0.6) is 0 Å². The Kier molecular flexibility index (Phi) is 4.28. The van der Waals surface area contributed by atoms with E-state index in [2.05, 4.69) is 19.3 Å². The van der Waals surface area contributed by atoms with E-state index in [9.17, 15) is 4.79 Å². The summed E-state index contributed by atoms with van der Waals surface area (Å²) in [5, 5.41) is 1.07. The molecule has 0 radical (unpaired) electrons. The Morgan fingerprint density at radius 1 is 1.44 bits per heavy atom. The first kappa shape index (κ1) is 13.0. The van der Waals surface area contributed by atoms with E-state index < -0.39 is 0 Å². The van der Waals surface area contributed by atoms with Crippen LogP contribution in [-0.4, -0.2) is 17.4 Å². The van der Waals surface area contributed by atoms with Crippen molar-refractivity contribution in [2.45, 2.75) is 18.7 Å². The second-order valence-electron chi connectivity index (χ2n) is 4.41. The molecule has 0 unspecified atom stereocenters. The van der Waals surface area contributed by atoms with Gasteiger partial charge in [-0.05, 0) is 42.1 Å². The quantitative estimate of drug-likeness (QED) is 0.495. The number of benzene rings is 1. The summed E-state index contributed by atoms with van der Waals surface area (Å²) in [6.45, 7) is 5.01. The topological polar surface area (TPSA) is 45.5 Å². The van der Waals surface area contributed by atoms with Gasteiger partial charge in [-0.15, -0.1) is 0 Å². The highest BCUT2D eigenvalue weighted by atomic mass is 32.2. The van der Waals surface area contributed by atoms with Gasteiger partial charge in [-0.25, -0.2) is 0 Å². The maximum atomic E-state index is 10.6. The maximum Gasteiger partial charge on any atom is 0.222 e. The number of furan rings is 1. The Morgan fingerprint density at radius 2 is 2.28 bits per heavy atom. The van der Waals surface area contributed by atoms with Gasteiger partial charge in [-0.3, -0.25) is 10.2 Å². The van der Waals surface area contributed by atoms with Crippen molar-refractivity contribution in [1.29, 1.82) is 0 Å². The molecule has 1 aromatic heterocycles. The molecule has 5 heteroatoms. The van der Waals surface area contributed by atoms with Gasteiger partial charge in [-0.1, -0.05) is 13.8 Å². The molecule has 4 nitrogen and oxygen atoms in total. The number of amides is 1. The van der Waals surface area contributed by atoms with Gasteiger partial charge in [0.2, 0.25) is 6.41 Å². The zero-order valence-corrected chi connectivity index (χ0v) is 11.2. The molecule has 18 heavy (non-hydrogen) atoms. The molecule has 2 aromatic rings. The summed E-state index contributed by atoms with van der Waals surface area (Å²) in [7, 11) is 0. The van der Waals surface area contributed by atoms with Gasteiger partial charge in [0, 0.05) is 16.8 Å². The summed E-state index contributed by atoms with van der Waals surface area (Å²) < 4.78 is 7.13. The van der Waals surface area contributed by atoms with Gasteiger partial charge in [0.1, 0.15) is 5.58 Å². The molecule has 96 valence electrons. The lowest BCUT2D eigenvalue weighted by Crippen LogP contribution is -2.33. The monoisotopic (exact) mass is 264 g/mol. The SMILES string of the molecule is CC(C)CN(NC=O)Sc1ccc2occc2c1. The number of carbonyl (C=O) groups excluding carboxylic acids is 1. The summed E-state index contributed by atoms with van der Waals surface area (Å²) >= 11 is 1.51. The lowest BCUT2D eigenvalue weighted by atomic mass is 10.2. The molecule has 1 aromatic carbocycles. The van der Waals surface area contributed by atoms with Crippen LogP contribution >= 0.6 is 11.9 Å². The number of carbonyl (C=O) groups is 1. The van der Waals surface area contributed by atoms with Crippen molar-refractivity contribution in [3.8, 4) is 0 Å². The third-order valence-electron chi connectivity index (χ3n) is 2.37. The fourth-order valence-electron chi connectivity index (χ4n) is 1.64. The summed E-state index contributed by atoms with van der Waals surface area (Å²) in [6.07, 6.45) is 2.38. The summed E-state index contributed by atoms with van der Waals surface area (Å²) in [5.74, 6) is 0.475. The van der Waals surface area contributed by atoms with Gasteiger partial charge >= 0.3 is 0 Å². The van der Waals surface area contributed by atoms with Crippen LogP contribution in [0.2, 0.25) is 0 Å². The first-order valence-corrected chi connectivity index (χ1v) is 6.59. The standard InChI is InChI=1S/C13H16N2O2S/c1-10(2)8-15(14-9-16)18-12-3-4-13-11(7-12)5-6-17-13/h3-7,9-10H,8H2,1-2H3,(H,14,16). The number of nitrogens with zero attached hydrogens (tertiary/aromatic N) is 1. The van der Waals surface area contributed by atoms with Crippen LogP contribution in [0, 0.1) is 5.92 Å². The molecule has 0 fully saturated rings. The van der Waals surface area contributed by atoms with Crippen molar-refractivity contribution in [2.75, 3.05) is 6.54 Å². The van der Waals surface area contributed by atoms with E-state index in [4.69, 9.17) is 4.42 Å². The minimum Gasteiger partial charge on any atom is -0.464 e. The number of hydrazine groups is 1. The number of rotatable bonds is 6. The molecule has 0 aliphatic carbocycles. The Hall–Kier alpha value is -1.46. The molecular formula is C13H16N2O2S. The molecule has 0 aliphatic heterocycles. The van der Waals surface area contributed by atoms with E-state index in [0.717, 1.165) is 22.4 Å². The van der Waals surface area contributed by atoms with E-state index in [1.54, 1.807) is 6.26 Å². The highest BCUT2D eigenvalue weighted by Gasteiger charge is 2.09. The van der Waals surface area contributed by atoms with Crippen LogP contribution in [0.15, 0.2) is 39.8 Å². The second-order valence-corrected chi connectivity index (χ2v) is 5.51. The first-order chi connectivity index (χ1) is 8.69. The lowest BCUT2D eigenvalue weighted by molar-refractivity contribution is -0.112. The molecule has 1 amide bonds. The van der Waals surface area contributed by atoms with E-state index in [1.807, 2.05) is 28.7 Å². The normalized spacial score (nSPS) is 11.3. The minimum atomic E-state index is 0.475. The van der Waals surface area contributed by atoms with Gasteiger partial charge in [-0.2, -0.15) is 4.41 Å². The Morgan fingerprint density at radius 3 is 3.00 bits per heavy atom. The number of hydrogen-bond donors (Lipinski definition) is 1. The third kappa shape index (κ3) is 3.27. The van der Waals surface area contributed by atoms with Crippen LogP contribution < -0.4 is 5.43 Å². The molecule has 2 rings (SSSR count). The second kappa shape index (κ2) is 5.93. The average molecular weight is 264 g/mol. The molecule has 1 heterocycles. The van der Waals surface area contributed by atoms with Crippen molar-refractivity contribution in [3.05, 3.63) is 30.5 Å². The van der Waals surface area contributed by atoms with Crippen molar-refractivity contribution < 1.29 is 9.21 Å². The maximum absolute atomic E-state index is 10.6. The molecule has 1 N–H and O–H groups in total. The van der Waals surface area contributed by atoms with Crippen LogP contribution in [0.1, 0.15) is 13.8 Å². The molecule has 0 atom stereocenters. The molecular weight excluding hydrogens is 248 g/mol. The molecule has 0 saturated carbocycles. The van der Waals surface area contributed by atoms with Crippen LogP contribution in [0.3, 0.4) is 0 Å². The van der Waals surface area contributed by atoms with Gasteiger partial charge in [0.15, 0.2) is 0 Å². The van der Waals surface area contributed by atoms with Crippen LogP contribution in [-0.2, 0) is 4.79 Å². The van der Waals surface area contributed by atoms with E-state index in [1.165, 1.54) is 11.9 Å². The lowest BCUT2D eigenvalue weighted by Gasteiger charge is -2.21. The summed E-state index contributed by atoms with van der Waals surface area (Å²) in [5.41, 5.74) is 3.57. The van der Waals surface area contributed by atoms with Crippen molar-refractivity contribution in [3.63, 3.8) is 0 Å². The third-order valence-corrected chi connectivity index (χ3v) is 3.31. The predicted octanol–water partition coefficient (Wildman–Crippen LogP) is 3.06. The Balaban J connectivity index is 2.11. The van der Waals surface area contributed by atoms with E-state index in [0.29, 0.717) is 12.3 Å². The van der Waals surface area contributed by atoms with Crippen LogP contribution in [0.25, 0.3) is 11.0 Å². The number of hydrogen-bond acceptors (Lipinski definition) is 4.